The summed E-state index contributed by atoms with van der Waals surface area (Å²) in [4.78, 5) is 11.0. The van der Waals surface area contributed by atoms with Crippen LogP contribution in [0, 0.1) is 19.8 Å². The molecule has 2 N–H and O–H groups in total. The van der Waals surface area contributed by atoms with E-state index in [0.29, 0.717) is 5.56 Å². The zero-order valence-corrected chi connectivity index (χ0v) is 13.0. The molecule has 1 unspecified atom stereocenters. The summed E-state index contributed by atoms with van der Waals surface area (Å²) >= 11 is 0. The molecule has 0 saturated heterocycles. The molecule has 0 radical (unpaired) electrons. The highest BCUT2D eigenvalue weighted by Crippen LogP contribution is 2.18. The maximum atomic E-state index is 12.4. The van der Waals surface area contributed by atoms with Gasteiger partial charge in [-0.05, 0) is 37.0 Å². The molecule has 0 amide bonds. The second kappa shape index (κ2) is 6.37. The zero-order chi connectivity index (χ0) is 15.5. The third-order valence-electron chi connectivity index (χ3n) is 3.14. The summed E-state index contributed by atoms with van der Waals surface area (Å²) in [6, 6.07) is 4.55. The van der Waals surface area contributed by atoms with Gasteiger partial charge in [-0.3, -0.25) is 4.79 Å². The van der Waals surface area contributed by atoms with E-state index in [2.05, 4.69) is 4.72 Å². The van der Waals surface area contributed by atoms with Crippen molar-refractivity contribution in [3.8, 4) is 0 Å². The first-order valence-corrected chi connectivity index (χ1v) is 7.93. The molecule has 1 rings (SSSR count). The molecule has 0 bridgehead atoms. The molecule has 1 aromatic rings. The number of carboxylic acid groups (broad SMARTS) is 1. The normalized spacial score (nSPS) is 13.4. The van der Waals surface area contributed by atoms with Crippen LogP contribution in [0.25, 0.3) is 0 Å². The molecule has 0 aliphatic heterocycles. The van der Waals surface area contributed by atoms with E-state index in [1.165, 1.54) is 0 Å². The first-order chi connectivity index (χ1) is 9.13. The fourth-order valence-electron chi connectivity index (χ4n) is 1.86. The van der Waals surface area contributed by atoms with Crippen LogP contribution in [0.15, 0.2) is 23.1 Å². The van der Waals surface area contributed by atoms with Crippen LogP contribution in [0.4, 0.5) is 0 Å². The summed E-state index contributed by atoms with van der Waals surface area (Å²) in [6.07, 6.45) is -0.234. The minimum absolute atomic E-state index is 0.106. The van der Waals surface area contributed by atoms with Crippen LogP contribution in [0.1, 0.15) is 31.4 Å². The van der Waals surface area contributed by atoms with E-state index in [1.807, 2.05) is 13.0 Å². The van der Waals surface area contributed by atoms with E-state index in [1.54, 1.807) is 32.9 Å². The quantitative estimate of drug-likeness (QED) is 0.842. The third kappa shape index (κ3) is 4.31. The molecule has 1 atom stereocenters. The summed E-state index contributed by atoms with van der Waals surface area (Å²) < 4.78 is 27.3. The zero-order valence-electron chi connectivity index (χ0n) is 12.2. The van der Waals surface area contributed by atoms with Gasteiger partial charge in [0.25, 0.3) is 0 Å². The van der Waals surface area contributed by atoms with Gasteiger partial charge in [-0.1, -0.05) is 26.0 Å². The van der Waals surface area contributed by atoms with E-state index in [0.717, 1.165) is 5.56 Å². The Morgan fingerprint density at radius 1 is 1.30 bits per heavy atom. The van der Waals surface area contributed by atoms with Crippen molar-refractivity contribution in [3.63, 3.8) is 0 Å². The number of aliphatic carboxylic acids is 1. The molecule has 1 aromatic carbocycles. The summed E-state index contributed by atoms with van der Waals surface area (Å²) in [7, 11) is -3.72. The van der Waals surface area contributed by atoms with Gasteiger partial charge >= 0.3 is 5.97 Å². The van der Waals surface area contributed by atoms with Crippen molar-refractivity contribution >= 4 is 16.0 Å². The average molecular weight is 299 g/mol. The lowest BCUT2D eigenvalue weighted by Crippen LogP contribution is -2.40. The number of hydrogen-bond donors (Lipinski definition) is 2. The summed E-state index contributed by atoms with van der Waals surface area (Å²) in [6.45, 7) is 7.11. The molecule has 112 valence electrons. The van der Waals surface area contributed by atoms with Crippen molar-refractivity contribution in [1.29, 1.82) is 0 Å². The second-order valence-electron chi connectivity index (χ2n) is 5.34. The molecule has 0 aromatic heterocycles. The number of benzene rings is 1. The second-order valence-corrected chi connectivity index (χ2v) is 7.02. The smallest absolute Gasteiger partial charge is 0.304 e. The van der Waals surface area contributed by atoms with E-state index in [-0.39, 0.29) is 17.2 Å². The number of hydrogen-bond acceptors (Lipinski definition) is 3. The van der Waals surface area contributed by atoms with Crippen LogP contribution in [-0.4, -0.2) is 25.5 Å². The topological polar surface area (TPSA) is 83.5 Å². The number of nitrogens with one attached hydrogen (secondary N) is 1. The number of aryl methyl sites for hydroxylation is 2. The molecule has 6 heteroatoms. The average Bonchev–Trinajstić information content (AvgIpc) is 2.30. The number of sulfonamides is 1. The largest absolute Gasteiger partial charge is 0.481 e. The Balaban J connectivity index is 3.09. The summed E-state index contributed by atoms with van der Waals surface area (Å²) in [5.74, 6) is -1.13. The van der Waals surface area contributed by atoms with Crippen molar-refractivity contribution < 1.29 is 18.3 Å². The van der Waals surface area contributed by atoms with Gasteiger partial charge in [-0.25, -0.2) is 13.1 Å². The third-order valence-corrected chi connectivity index (χ3v) is 4.77. The van der Waals surface area contributed by atoms with Crippen molar-refractivity contribution in [2.24, 2.45) is 5.92 Å². The molecule has 0 saturated carbocycles. The Kier molecular flexibility index (Phi) is 5.30. The lowest BCUT2D eigenvalue weighted by atomic mass is 10.0. The molecule has 20 heavy (non-hydrogen) atoms. The molecule has 0 spiro atoms. The standard InChI is InChI=1S/C14H21NO4S/c1-9(2)12(8-14(16)17)15-20(18,19)13-7-10(3)5-6-11(13)4/h5-7,9,12,15H,8H2,1-4H3,(H,16,17). The van der Waals surface area contributed by atoms with Gasteiger partial charge < -0.3 is 5.11 Å². The number of rotatable bonds is 6. The SMILES string of the molecule is Cc1ccc(C)c(S(=O)(=O)NC(CC(=O)O)C(C)C)c1. The molecular formula is C14H21NO4S. The van der Waals surface area contributed by atoms with Gasteiger partial charge in [-0.15, -0.1) is 0 Å². The van der Waals surface area contributed by atoms with Crippen LogP contribution < -0.4 is 4.72 Å². The fourth-order valence-corrected chi connectivity index (χ4v) is 3.58. The fraction of sp³-hybridized carbons (Fsp3) is 0.500. The lowest BCUT2D eigenvalue weighted by Gasteiger charge is -2.21. The first kappa shape index (κ1) is 16.7. The van der Waals surface area contributed by atoms with E-state index in [9.17, 15) is 13.2 Å². The Morgan fingerprint density at radius 3 is 2.40 bits per heavy atom. The Bertz CT molecular complexity index is 593. The number of carbonyl (C=O) groups is 1. The monoisotopic (exact) mass is 299 g/mol. The summed E-state index contributed by atoms with van der Waals surface area (Å²) in [5, 5.41) is 8.86. The van der Waals surface area contributed by atoms with Crippen molar-refractivity contribution in [2.45, 2.75) is 45.1 Å². The predicted molar refractivity (Wildman–Crippen MR) is 77.1 cm³/mol. The first-order valence-electron chi connectivity index (χ1n) is 6.45. The maximum absolute atomic E-state index is 12.4. The Morgan fingerprint density at radius 2 is 1.90 bits per heavy atom. The highest BCUT2D eigenvalue weighted by atomic mass is 32.2. The van der Waals surface area contributed by atoms with E-state index >= 15 is 0 Å². The van der Waals surface area contributed by atoms with Gasteiger partial charge in [0.15, 0.2) is 0 Å². The van der Waals surface area contributed by atoms with Crippen molar-refractivity contribution in [1.82, 2.24) is 4.72 Å². The van der Waals surface area contributed by atoms with Crippen molar-refractivity contribution in [3.05, 3.63) is 29.3 Å². The van der Waals surface area contributed by atoms with Gasteiger partial charge in [0.05, 0.1) is 11.3 Å². The van der Waals surface area contributed by atoms with E-state index < -0.39 is 22.0 Å². The minimum Gasteiger partial charge on any atom is -0.481 e. The van der Waals surface area contributed by atoms with Crippen molar-refractivity contribution in [2.75, 3.05) is 0 Å². The van der Waals surface area contributed by atoms with Crippen LogP contribution >= 0.6 is 0 Å². The lowest BCUT2D eigenvalue weighted by molar-refractivity contribution is -0.137. The Hall–Kier alpha value is -1.40. The van der Waals surface area contributed by atoms with Crippen LogP contribution in [0.3, 0.4) is 0 Å². The molecule has 0 fully saturated rings. The highest BCUT2D eigenvalue weighted by molar-refractivity contribution is 7.89. The van der Waals surface area contributed by atoms with Gasteiger partial charge in [0, 0.05) is 6.04 Å². The van der Waals surface area contributed by atoms with Crippen LogP contribution in [0.5, 0.6) is 0 Å². The van der Waals surface area contributed by atoms with E-state index in [4.69, 9.17) is 5.11 Å². The van der Waals surface area contributed by atoms with Gasteiger partial charge in [0.1, 0.15) is 0 Å². The Labute approximate surface area is 120 Å². The maximum Gasteiger partial charge on any atom is 0.304 e. The van der Waals surface area contributed by atoms with Crippen LogP contribution in [-0.2, 0) is 14.8 Å². The molecule has 0 aliphatic rings. The highest BCUT2D eigenvalue weighted by Gasteiger charge is 2.25. The summed E-state index contributed by atoms with van der Waals surface area (Å²) in [5.41, 5.74) is 1.48. The molecule has 0 heterocycles. The van der Waals surface area contributed by atoms with Crippen LogP contribution in [0.2, 0.25) is 0 Å². The minimum atomic E-state index is -3.72. The van der Waals surface area contributed by atoms with Gasteiger partial charge in [-0.2, -0.15) is 0 Å². The predicted octanol–water partition coefficient (Wildman–Crippen LogP) is 2.08. The number of carboxylic acids is 1. The molecular weight excluding hydrogens is 278 g/mol. The molecule has 0 aliphatic carbocycles. The molecule has 5 nitrogen and oxygen atoms in total. The van der Waals surface area contributed by atoms with Gasteiger partial charge in [0.2, 0.25) is 10.0 Å².